The highest BCUT2D eigenvalue weighted by Crippen LogP contribution is 2.30. The molecule has 0 aliphatic carbocycles. The van der Waals surface area contributed by atoms with Gasteiger partial charge in [0.05, 0.1) is 5.69 Å². The second-order valence-corrected chi connectivity index (χ2v) is 6.16. The molecule has 112 valence electrons. The molecule has 3 unspecified atom stereocenters. The molecule has 0 spiro atoms. The number of halogens is 1. The lowest BCUT2D eigenvalue weighted by atomic mass is 9.92. The van der Waals surface area contributed by atoms with Crippen LogP contribution in [0.1, 0.15) is 52.1 Å². The van der Waals surface area contributed by atoms with Gasteiger partial charge in [0.2, 0.25) is 0 Å². The maximum Gasteiger partial charge on any atom is 0.146 e. The van der Waals surface area contributed by atoms with Crippen LogP contribution in [0.2, 0.25) is 0 Å². The van der Waals surface area contributed by atoms with E-state index < -0.39 is 0 Å². The lowest BCUT2D eigenvalue weighted by Crippen LogP contribution is -2.40. The predicted octanol–water partition coefficient (Wildman–Crippen LogP) is 4.12. The fraction of sp³-hybridized carbons (Fsp3) is 0.647. The van der Waals surface area contributed by atoms with Crippen molar-refractivity contribution in [1.82, 2.24) is 5.32 Å². The van der Waals surface area contributed by atoms with E-state index in [-0.39, 0.29) is 11.9 Å². The second kappa shape index (κ2) is 6.57. The maximum absolute atomic E-state index is 14.4. The van der Waals surface area contributed by atoms with Gasteiger partial charge in [-0.2, -0.15) is 0 Å². The van der Waals surface area contributed by atoms with Crippen LogP contribution in [0.25, 0.3) is 0 Å². The molecule has 3 atom stereocenters. The Hall–Kier alpha value is -1.09. The van der Waals surface area contributed by atoms with Crippen LogP contribution in [0.5, 0.6) is 0 Å². The molecule has 1 fully saturated rings. The van der Waals surface area contributed by atoms with E-state index in [1.54, 1.807) is 6.07 Å². The highest BCUT2D eigenvalue weighted by molar-refractivity contribution is 5.50. The van der Waals surface area contributed by atoms with Crippen molar-refractivity contribution in [2.45, 2.75) is 52.6 Å². The van der Waals surface area contributed by atoms with Gasteiger partial charge in [0.15, 0.2) is 0 Å². The Morgan fingerprint density at radius 2 is 2.15 bits per heavy atom. The number of nitrogens with one attached hydrogen (secondary N) is 1. The number of hydrogen-bond donors (Lipinski definition) is 1. The van der Waals surface area contributed by atoms with E-state index in [1.807, 2.05) is 6.07 Å². The molecule has 1 aliphatic rings. The number of benzene rings is 1. The summed E-state index contributed by atoms with van der Waals surface area (Å²) in [4.78, 5) is 2.22. The van der Waals surface area contributed by atoms with Crippen LogP contribution in [-0.2, 0) is 0 Å². The van der Waals surface area contributed by atoms with E-state index in [1.165, 1.54) is 0 Å². The molecule has 2 rings (SSSR count). The Morgan fingerprint density at radius 3 is 2.75 bits per heavy atom. The normalized spacial score (nSPS) is 24.8. The van der Waals surface area contributed by atoms with Gasteiger partial charge in [-0.1, -0.05) is 19.9 Å². The molecule has 0 bridgehead atoms. The fourth-order valence-corrected chi connectivity index (χ4v) is 3.21. The predicted molar refractivity (Wildman–Crippen MR) is 83.7 cm³/mol. The molecule has 20 heavy (non-hydrogen) atoms. The van der Waals surface area contributed by atoms with Crippen LogP contribution in [0.3, 0.4) is 0 Å². The van der Waals surface area contributed by atoms with Gasteiger partial charge in [-0.25, -0.2) is 4.39 Å². The van der Waals surface area contributed by atoms with Crippen molar-refractivity contribution < 1.29 is 4.39 Å². The van der Waals surface area contributed by atoms with Gasteiger partial charge in [0, 0.05) is 18.6 Å². The highest BCUT2D eigenvalue weighted by atomic mass is 19.1. The molecule has 0 radical (unpaired) electrons. The first-order valence-corrected chi connectivity index (χ1v) is 7.82. The van der Waals surface area contributed by atoms with E-state index in [9.17, 15) is 4.39 Å². The van der Waals surface area contributed by atoms with Crippen molar-refractivity contribution in [3.8, 4) is 0 Å². The smallest absolute Gasteiger partial charge is 0.146 e. The molecule has 0 aromatic heterocycles. The van der Waals surface area contributed by atoms with Crippen LogP contribution in [0.4, 0.5) is 10.1 Å². The fourth-order valence-electron chi connectivity index (χ4n) is 3.21. The van der Waals surface area contributed by atoms with E-state index in [0.29, 0.717) is 6.04 Å². The Balaban J connectivity index is 2.17. The number of piperidine rings is 1. The molecule has 1 aliphatic heterocycles. The Bertz CT molecular complexity index is 447. The van der Waals surface area contributed by atoms with Crippen molar-refractivity contribution in [1.29, 1.82) is 0 Å². The zero-order valence-electron chi connectivity index (χ0n) is 13.1. The zero-order valence-corrected chi connectivity index (χ0v) is 13.1. The van der Waals surface area contributed by atoms with Crippen molar-refractivity contribution in [2.24, 2.45) is 5.92 Å². The van der Waals surface area contributed by atoms with Gasteiger partial charge in [-0.3, -0.25) is 0 Å². The molecule has 1 heterocycles. The summed E-state index contributed by atoms with van der Waals surface area (Å²) in [6, 6.07) is 6.31. The first-order chi connectivity index (χ1) is 9.52. The standard InChI is InChI=1S/C17H27FN2/c1-5-19-14(4)15-6-7-17(16(18)11-15)20-9-8-12(2)10-13(20)3/h6-7,11-14,19H,5,8-10H2,1-4H3. The van der Waals surface area contributed by atoms with Gasteiger partial charge < -0.3 is 10.2 Å². The summed E-state index contributed by atoms with van der Waals surface area (Å²) >= 11 is 0. The molecule has 3 heteroatoms. The number of hydrogen-bond acceptors (Lipinski definition) is 2. The number of rotatable bonds is 4. The van der Waals surface area contributed by atoms with Crippen molar-refractivity contribution in [3.05, 3.63) is 29.6 Å². The third kappa shape index (κ3) is 3.32. The first kappa shape index (κ1) is 15.3. The summed E-state index contributed by atoms with van der Waals surface area (Å²) in [5.74, 6) is 0.658. The van der Waals surface area contributed by atoms with E-state index in [0.717, 1.165) is 43.1 Å². The number of anilines is 1. The van der Waals surface area contributed by atoms with E-state index >= 15 is 0 Å². The molecule has 0 amide bonds. The topological polar surface area (TPSA) is 15.3 Å². The highest BCUT2D eigenvalue weighted by Gasteiger charge is 2.25. The molecular formula is C17H27FN2. The average molecular weight is 278 g/mol. The molecule has 2 nitrogen and oxygen atoms in total. The Morgan fingerprint density at radius 1 is 1.40 bits per heavy atom. The van der Waals surface area contributed by atoms with E-state index in [2.05, 4.69) is 44.0 Å². The van der Waals surface area contributed by atoms with Crippen LogP contribution >= 0.6 is 0 Å². The van der Waals surface area contributed by atoms with E-state index in [4.69, 9.17) is 0 Å². The molecule has 1 saturated heterocycles. The number of nitrogens with zero attached hydrogens (tertiary/aromatic N) is 1. The van der Waals surface area contributed by atoms with Gasteiger partial charge >= 0.3 is 0 Å². The van der Waals surface area contributed by atoms with Gasteiger partial charge in [0.1, 0.15) is 5.82 Å². The average Bonchev–Trinajstić information content (AvgIpc) is 2.40. The Labute approximate surface area is 122 Å². The summed E-state index contributed by atoms with van der Waals surface area (Å²) in [5.41, 5.74) is 1.78. The zero-order chi connectivity index (χ0) is 14.7. The third-order valence-corrected chi connectivity index (χ3v) is 4.43. The minimum atomic E-state index is -0.0892. The summed E-state index contributed by atoms with van der Waals surface area (Å²) in [5, 5.41) is 3.32. The molecule has 0 saturated carbocycles. The van der Waals surface area contributed by atoms with Crippen LogP contribution in [0.15, 0.2) is 18.2 Å². The monoisotopic (exact) mass is 278 g/mol. The molecule has 1 N–H and O–H groups in total. The minimum Gasteiger partial charge on any atom is -0.366 e. The SMILES string of the molecule is CCNC(C)c1ccc(N2CCC(C)CC2C)c(F)c1. The Kier molecular flexibility index (Phi) is 5.03. The van der Waals surface area contributed by atoms with Gasteiger partial charge in [0.25, 0.3) is 0 Å². The largest absolute Gasteiger partial charge is 0.366 e. The third-order valence-electron chi connectivity index (χ3n) is 4.43. The van der Waals surface area contributed by atoms with Crippen LogP contribution in [-0.4, -0.2) is 19.1 Å². The van der Waals surface area contributed by atoms with Gasteiger partial charge in [-0.15, -0.1) is 0 Å². The quantitative estimate of drug-likeness (QED) is 0.891. The second-order valence-electron chi connectivity index (χ2n) is 6.16. The maximum atomic E-state index is 14.4. The summed E-state index contributed by atoms with van der Waals surface area (Å²) in [6.07, 6.45) is 2.30. The molecule has 1 aromatic rings. The van der Waals surface area contributed by atoms with Crippen molar-refractivity contribution >= 4 is 5.69 Å². The summed E-state index contributed by atoms with van der Waals surface area (Å²) < 4.78 is 14.4. The van der Waals surface area contributed by atoms with Crippen molar-refractivity contribution in [2.75, 3.05) is 18.0 Å². The minimum absolute atomic E-state index is 0.0892. The summed E-state index contributed by atoms with van der Waals surface area (Å²) in [6.45, 7) is 10.5. The molecular weight excluding hydrogens is 251 g/mol. The van der Waals surface area contributed by atoms with Gasteiger partial charge in [-0.05, 0) is 56.8 Å². The lowest BCUT2D eigenvalue weighted by Gasteiger charge is -2.38. The first-order valence-electron chi connectivity index (χ1n) is 7.82. The molecule has 1 aromatic carbocycles. The summed E-state index contributed by atoms with van der Waals surface area (Å²) in [7, 11) is 0. The van der Waals surface area contributed by atoms with Crippen molar-refractivity contribution in [3.63, 3.8) is 0 Å². The van der Waals surface area contributed by atoms with Crippen LogP contribution < -0.4 is 10.2 Å². The lowest BCUT2D eigenvalue weighted by molar-refractivity contribution is 0.374. The van der Waals surface area contributed by atoms with Crippen LogP contribution in [0, 0.1) is 11.7 Å².